The molecule has 0 spiro atoms. The van der Waals surface area contributed by atoms with Crippen molar-refractivity contribution in [3.8, 4) is 0 Å². The summed E-state index contributed by atoms with van der Waals surface area (Å²) >= 11 is 0. The van der Waals surface area contributed by atoms with Crippen molar-refractivity contribution in [1.82, 2.24) is 19.7 Å². The summed E-state index contributed by atoms with van der Waals surface area (Å²) in [5.41, 5.74) is 1.47. The van der Waals surface area contributed by atoms with Gasteiger partial charge in [-0.05, 0) is 25.8 Å². The van der Waals surface area contributed by atoms with Crippen LogP contribution in [0, 0.1) is 6.92 Å². The second-order valence-corrected chi connectivity index (χ2v) is 6.52. The molecule has 3 heterocycles. The minimum Gasteiger partial charge on any atom is -0.451 e. The number of carbonyl (C=O) groups is 1. The molecular formula is C18H20N4O3. The van der Waals surface area contributed by atoms with Gasteiger partial charge in [-0.1, -0.05) is 18.2 Å². The van der Waals surface area contributed by atoms with Crippen molar-refractivity contribution < 1.29 is 9.21 Å². The van der Waals surface area contributed by atoms with Crippen LogP contribution < -0.4 is 11.0 Å². The molecule has 0 aliphatic carbocycles. The maximum Gasteiger partial charge on any atom is 0.345 e. The lowest BCUT2D eigenvalue weighted by atomic mass is 10.1. The largest absolute Gasteiger partial charge is 0.451 e. The van der Waals surface area contributed by atoms with Crippen molar-refractivity contribution in [2.24, 2.45) is 7.05 Å². The quantitative estimate of drug-likeness (QED) is 0.771. The number of hydrogen-bond donors (Lipinski definition) is 1. The number of carbonyl (C=O) groups excluding carboxylic acids is 1. The molecule has 0 saturated carbocycles. The van der Waals surface area contributed by atoms with Gasteiger partial charge in [0.25, 0.3) is 5.91 Å². The van der Waals surface area contributed by atoms with Gasteiger partial charge in [-0.3, -0.25) is 9.36 Å². The van der Waals surface area contributed by atoms with E-state index in [0.717, 1.165) is 28.8 Å². The van der Waals surface area contributed by atoms with E-state index >= 15 is 0 Å². The minimum absolute atomic E-state index is 0.00785. The topological polar surface area (TPSA) is 82.1 Å². The number of nitrogens with zero attached hydrogens (tertiary/aromatic N) is 3. The number of aryl methyl sites for hydroxylation is 3. The monoisotopic (exact) mass is 340 g/mol. The zero-order valence-electron chi connectivity index (χ0n) is 14.3. The van der Waals surface area contributed by atoms with Crippen molar-refractivity contribution in [3.63, 3.8) is 0 Å². The SMILES string of the molecule is Cc1c(C(=O)NC2CCc3nn(C)c(=O)n3CC2)oc2ccccc12. The zero-order valence-corrected chi connectivity index (χ0v) is 14.3. The Morgan fingerprint density at radius 2 is 2.12 bits per heavy atom. The molecule has 1 aliphatic rings. The fraction of sp³-hybridized carbons (Fsp3) is 0.389. The van der Waals surface area contributed by atoms with Gasteiger partial charge in [-0.25, -0.2) is 9.48 Å². The number of para-hydroxylation sites is 1. The van der Waals surface area contributed by atoms with Gasteiger partial charge < -0.3 is 9.73 Å². The van der Waals surface area contributed by atoms with E-state index in [0.29, 0.717) is 25.1 Å². The smallest absolute Gasteiger partial charge is 0.345 e. The van der Waals surface area contributed by atoms with E-state index in [-0.39, 0.29) is 17.6 Å². The van der Waals surface area contributed by atoms with Crippen molar-refractivity contribution in [2.45, 2.75) is 38.8 Å². The third-order valence-electron chi connectivity index (χ3n) is 4.89. The van der Waals surface area contributed by atoms with Crippen molar-refractivity contribution in [3.05, 3.63) is 51.9 Å². The molecule has 7 heteroatoms. The molecule has 4 rings (SSSR count). The number of aromatic nitrogens is 3. The molecule has 1 amide bonds. The summed E-state index contributed by atoms with van der Waals surface area (Å²) in [6.07, 6.45) is 2.12. The number of fused-ring (bicyclic) bond motifs is 2. The summed E-state index contributed by atoms with van der Waals surface area (Å²) in [5.74, 6) is 0.939. The molecule has 1 aliphatic heterocycles. The van der Waals surface area contributed by atoms with Gasteiger partial charge in [-0.2, -0.15) is 5.10 Å². The van der Waals surface area contributed by atoms with Crippen LogP contribution in [0.5, 0.6) is 0 Å². The third-order valence-corrected chi connectivity index (χ3v) is 4.89. The van der Waals surface area contributed by atoms with E-state index in [9.17, 15) is 9.59 Å². The summed E-state index contributed by atoms with van der Waals surface area (Å²) < 4.78 is 8.79. The summed E-state index contributed by atoms with van der Waals surface area (Å²) in [6, 6.07) is 7.62. The number of rotatable bonds is 2. The summed E-state index contributed by atoms with van der Waals surface area (Å²) in [5, 5.41) is 8.27. The first-order valence-corrected chi connectivity index (χ1v) is 8.46. The van der Waals surface area contributed by atoms with E-state index in [1.807, 2.05) is 31.2 Å². The molecular weight excluding hydrogens is 320 g/mol. The van der Waals surface area contributed by atoms with E-state index in [1.165, 1.54) is 4.68 Å². The highest BCUT2D eigenvalue weighted by atomic mass is 16.3. The predicted molar refractivity (Wildman–Crippen MR) is 92.6 cm³/mol. The Hall–Kier alpha value is -2.83. The van der Waals surface area contributed by atoms with Crippen LogP contribution in [0.25, 0.3) is 11.0 Å². The molecule has 1 aromatic carbocycles. The van der Waals surface area contributed by atoms with Crippen LogP contribution in [0.15, 0.2) is 33.5 Å². The fourth-order valence-electron chi connectivity index (χ4n) is 3.48. The first kappa shape index (κ1) is 15.7. The molecule has 1 atom stereocenters. The Morgan fingerprint density at radius 1 is 1.32 bits per heavy atom. The minimum atomic E-state index is -0.203. The maximum absolute atomic E-state index is 12.7. The Morgan fingerprint density at radius 3 is 2.92 bits per heavy atom. The second-order valence-electron chi connectivity index (χ2n) is 6.52. The lowest BCUT2D eigenvalue weighted by molar-refractivity contribution is 0.0906. The molecule has 1 unspecified atom stereocenters. The van der Waals surface area contributed by atoms with Crippen LogP contribution in [-0.2, 0) is 20.0 Å². The van der Waals surface area contributed by atoms with Gasteiger partial charge in [0.05, 0.1) is 0 Å². The van der Waals surface area contributed by atoms with Gasteiger partial charge >= 0.3 is 5.69 Å². The second kappa shape index (κ2) is 5.91. The number of amides is 1. The van der Waals surface area contributed by atoms with Crippen molar-refractivity contribution >= 4 is 16.9 Å². The summed E-state index contributed by atoms with van der Waals surface area (Å²) in [4.78, 5) is 24.7. The Kier molecular flexibility index (Phi) is 3.71. The normalized spacial score (nSPS) is 17.3. The van der Waals surface area contributed by atoms with Gasteiger partial charge in [0, 0.05) is 37.0 Å². The van der Waals surface area contributed by atoms with E-state index < -0.39 is 0 Å². The van der Waals surface area contributed by atoms with Crippen LogP contribution in [0.3, 0.4) is 0 Å². The van der Waals surface area contributed by atoms with Gasteiger partial charge in [-0.15, -0.1) is 0 Å². The number of hydrogen-bond acceptors (Lipinski definition) is 4. The molecule has 3 aromatic rings. The average Bonchev–Trinajstić information content (AvgIpc) is 2.99. The van der Waals surface area contributed by atoms with E-state index in [4.69, 9.17) is 4.42 Å². The lowest BCUT2D eigenvalue weighted by Crippen LogP contribution is -2.35. The number of furan rings is 1. The van der Waals surface area contributed by atoms with Gasteiger partial charge in [0.1, 0.15) is 11.4 Å². The van der Waals surface area contributed by atoms with Gasteiger partial charge in [0.2, 0.25) is 0 Å². The van der Waals surface area contributed by atoms with Crippen LogP contribution in [0.2, 0.25) is 0 Å². The third kappa shape index (κ3) is 2.65. The van der Waals surface area contributed by atoms with Crippen LogP contribution >= 0.6 is 0 Å². The highest BCUT2D eigenvalue weighted by Gasteiger charge is 2.24. The molecule has 130 valence electrons. The molecule has 25 heavy (non-hydrogen) atoms. The Labute approximate surface area is 144 Å². The molecule has 0 saturated heterocycles. The molecule has 0 bridgehead atoms. The molecule has 1 N–H and O–H groups in total. The first-order chi connectivity index (χ1) is 12.0. The van der Waals surface area contributed by atoms with Crippen molar-refractivity contribution in [2.75, 3.05) is 0 Å². The van der Waals surface area contributed by atoms with E-state index in [2.05, 4.69) is 10.4 Å². The standard InChI is InChI=1S/C18H20N4O3/c1-11-13-5-3-4-6-14(13)25-16(11)17(23)19-12-7-8-15-20-21(2)18(24)22(15)10-9-12/h3-6,12H,7-10H2,1-2H3,(H,19,23). The highest BCUT2D eigenvalue weighted by Crippen LogP contribution is 2.25. The lowest BCUT2D eigenvalue weighted by Gasteiger charge is -2.15. The van der Waals surface area contributed by atoms with Crippen LogP contribution in [-0.4, -0.2) is 26.3 Å². The average molecular weight is 340 g/mol. The number of benzene rings is 1. The zero-order chi connectivity index (χ0) is 17.6. The Bertz CT molecular complexity index is 1010. The maximum atomic E-state index is 12.7. The molecule has 7 nitrogen and oxygen atoms in total. The predicted octanol–water partition coefficient (Wildman–Crippen LogP) is 1.77. The number of nitrogens with one attached hydrogen (secondary N) is 1. The fourth-order valence-corrected chi connectivity index (χ4v) is 3.48. The highest BCUT2D eigenvalue weighted by molar-refractivity contribution is 5.99. The molecule has 0 fully saturated rings. The van der Waals surface area contributed by atoms with Gasteiger partial charge in [0.15, 0.2) is 5.76 Å². The van der Waals surface area contributed by atoms with Crippen LogP contribution in [0.4, 0.5) is 0 Å². The Balaban J connectivity index is 1.51. The van der Waals surface area contributed by atoms with Crippen molar-refractivity contribution in [1.29, 1.82) is 0 Å². The van der Waals surface area contributed by atoms with E-state index in [1.54, 1.807) is 11.6 Å². The molecule has 0 radical (unpaired) electrons. The summed E-state index contributed by atoms with van der Waals surface area (Å²) in [7, 11) is 1.66. The summed E-state index contributed by atoms with van der Waals surface area (Å²) in [6.45, 7) is 2.46. The molecule has 2 aromatic heterocycles. The van der Waals surface area contributed by atoms with Crippen LogP contribution in [0.1, 0.15) is 34.8 Å². The first-order valence-electron chi connectivity index (χ1n) is 8.46.